The molecule has 17 heavy (non-hydrogen) atoms. The van der Waals surface area contributed by atoms with Crippen molar-refractivity contribution in [3.8, 4) is 0 Å². The Kier molecular flexibility index (Phi) is 4.22. The largest absolute Gasteiger partial charge is 0.480 e. The summed E-state index contributed by atoms with van der Waals surface area (Å²) in [7, 11) is 0. The van der Waals surface area contributed by atoms with Gasteiger partial charge in [0.05, 0.1) is 6.54 Å². The van der Waals surface area contributed by atoms with Crippen molar-refractivity contribution in [2.75, 3.05) is 0 Å². The minimum absolute atomic E-state index is 0.279. The molecule has 0 spiro atoms. The maximum absolute atomic E-state index is 10.9. The highest BCUT2D eigenvalue weighted by Gasteiger charge is 2.26. The molecule has 0 bridgehead atoms. The molecule has 6 nitrogen and oxygen atoms in total. The van der Waals surface area contributed by atoms with Gasteiger partial charge in [-0.3, -0.25) is 10.1 Å². The molecule has 0 atom stereocenters. The van der Waals surface area contributed by atoms with E-state index in [-0.39, 0.29) is 6.54 Å². The van der Waals surface area contributed by atoms with Gasteiger partial charge in [-0.05, 0) is 19.8 Å². The lowest BCUT2D eigenvalue weighted by molar-refractivity contribution is -0.143. The van der Waals surface area contributed by atoms with Crippen LogP contribution in [0, 0.1) is 5.92 Å². The molecule has 0 saturated carbocycles. The third-order valence-corrected chi connectivity index (χ3v) is 2.32. The van der Waals surface area contributed by atoms with Crippen LogP contribution >= 0.6 is 0 Å². The third-order valence-electron chi connectivity index (χ3n) is 2.32. The summed E-state index contributed by atoms with van der Waals surface area (Å²) in [6, 6.07) is 0. The predicted octanol–water partition coefficient (Wildman–Crippen LogP) is 1.22. The van der Waals surface area contributed by atoms with Gasteiger partial charge < -0.3 is 9.63 Å². The van der Waals surface area contributed by atoms with Gasteiger partial charge in [0.25, 0.3) is 0 Å². The minimum atomic E-state index is -1.00. The number of aromatic nitrogens is 2. The summed E-state index contributed by atoms with van der Waals surface area (Å²) in [5, 5.41) is 15.6. The summed E-state index contributed by atoms with van der Waals surface area (Å²) in [6.45, 7) is 7.58. The Morgan fingerprint density at radius 3 is 2.71 bits per heavy atom. The van der Waals surface area contributed by atoms with E-state index in [1.807, 2.05) is 0 Å². The van der Waals surface area contributed by atoms with Crippen LogP contribution in [-0.4, -0.2) is 26.8 Å². The highest BCUT2D eigenvalue weighted by Crippen LogP contribution is 2.07. The highest BCUT2D eigenvalue weighted by molar-refractivity contribution is 5.77. The molecule has 96 valence electrons. The van der Waals surface area contributed by atoms with Gasteiger partial charge in [-0.1, -0.05) is 19.0 Å². The highest BCUT2D eigenvalue weighted by atomic mass is 16.5. The van der Waals surface area contributed by atoms with Crippen molar-refractivity contribution < 1.29 is 14.4 Å². The van der Waals surface area contributed by atoms with E-state index in [1.54, 1.807) is 13.8 Å². The number of aliphatic carboxylic acids is 1. The molecular weight excluding hydrogens is 222 g/mol. The molecule has 0 aliphatic heterocycles. The molecular formula is C11H19N3O3. The summed E-state index contributed by atoms with van der Waals surface area (Å²) in [5.74, 6) is 0.607. The maximum Gasteiger partial charge on any atom is 0.323 e. The molecule has 1 heterocycles. The lowest BCUT2D eigenvalue weighted by Gasteiger charge is -2.19. The van der Waals surface area contributed by atoms with Crippen LogP contribution in [0.25, 0.3) is 0 Å². The summed E-state index contributed by atoms with van der Waals surface area (Å²) in [6.07, 6.45) is 0.731. The fourth-order valence-electron chi connectivity index (χ4n) is 1.17. The number of nitrogens with zero attached hydrogens (tertiary/aromatic N) is 2. The number of hydrogen-bond donors (Lipinski definition) is 2. The molecule has 0 saturated heterocycles. The Balaban J connectivity index is 2.53. The van der Waals surface area contributed by atoms with E-state index in [1.165, 1.54) is 0 Å². The Labute approximate surface area is 100 Å². The smallest absolute Gasteiger partial charge is 0.323 e. The first-order valence-corrected chi connectivity index (χ1v) is 5.61. The van der Waals surface area contributed by atoms with Crippen LogP contribution in [0.2, 0.25) is 0 Å². The van der Waals surface area contributed by atoms with Crippen LogP contribution in [0.5, 0.6) is 0 Å². The number of carboxylic acid groups (broad SMARTS) is 1. The number of hydrogen-bond acceptors (Lipinski definition) is 5. The standard InChI is InChI=1S/C11H19N3O3/c1-7(2)5-9-13-8(14-17-9)6-12-11(3,4)10(15)16/h7,12H,5-6H2,1-4H3,(H,15,16). The molecule has 1 rings (SSSR count). The van der Waals surface area contributed by atoms with Crippen molar-refractivity contribution >= 4 is 5.97 Å². The third kappa shape index (κ3) is 4.14. The van der Waals surface area contributed by atoms with Crippen LogP contribution in [0.4, 0.5) is 0 Å². The fraction of sp³-hybridized carbons (Fsp3) is 0.727. The van der Waals surface area contributed by atoms with E-state index in [0.717, 1.165) is 6.42 Å². The van der Waals surface area contributed by atoms with E-state index in [0.29, 0.717) is 17.6 Å². The summed E-state index contributed by atoms with van der Waals surface area (Å²) in [5.41, 5.74) is -1.00. The Bertz CT molecular complexity index is 385. The summed E-state index contributed by atoms with van der Waals surface area (Å²) in [4.78, 5) is 15.0. The van der Waals surface area contributed by atoms with Crippen molar-refractivity contribution in [1.29, 1.82) is 0 Å². The molecule has 1 aromatic heterocycles. The number of rotatable bonds is 6. The minimum Gasteiger partial charge on any atom is -0.480 e. The SMILES string of the molecule is CC(C)Cc1nc(CNC(C)(C)C(=O)O)no1. The molecule has 0 amide bonds. The zero-order valence-electron chi connectivity index (χ0n) is 10.6. The second kappa shape index (κ2) is 5.27. The molecule has 0 aliphatic rings. The number of carboxylic acids is 1. The Hall–Kier alpha value is -1.43. The first-order chi connectivity index (χ1) is 7.81. The van der Waals surface area contributed by atoms with Crippen molar-refractivity contribution in [3.05, 3.63) is 11.7 Å². The van der Waals surface area contributed by atoms with E-state index < -0.39 is 11.5 Å². The van der Waals surface area contributed by atoms with Crippen molar-refractivity contribution in [3.63, 3.8) is 0 Å². The Morgan fingerprint density at radius 1 is 1.53 bits per heavy atom. The summed E-state index contributed by atoms with van der Waals surface area (Å²) < 4.78 is 5.05. The lowest BCUT2D eigenvalue weighted by Crippen LogP contribution is -2.46. The van der Waals surface area contributed by atoms with Crippen LogP contribution in [0.3, 0.4) is 0 Å². The lowest BCUT2D eigenvalue weighted by atomic mass is 10.1. The van der Waals surface area contributed by atoms with Crippen molar-refractivity contribution in [2.24, 2.45) is 5.92 Å². The zero-order chi connectivity index (χ0) is 13.1. The molecule has 0 aromatic carbocycles. The zero-order valence-corrected chi connectivity index (χ0v) is 10.6. The van der Waals surface area contributed by atoms with Crippen molar-refractivity contribution in [2.45, 2.75) is 46.2 Å². The molecule has 0 fully saturated rings. The van der Waals surface area contributed by atoms with Gasteiger partial charge >= 0.3 is 5.97 Å². The van der Waals surface area contributed by atoms with Gasteiger partial charge in [0.1, 0.15) is 5.54 Å². The van der Waals surface area contributed by atoms with Gasteiger partial charge in [0.15, 0.2) is 5.82 Å². The molecule has 0 unspecified atom stereocenters. The van der Waals surface area contributed by atoms with Crippen LogP contribution in [0.15, 0.2) is 4.52 Å². The van der Waals surface area contributed by atoms with Crippen LogP contribution in [0.1, 0.15) is 39.4 Å². The van der Waals surface area contributed by atoms with Gasteiger partial charge in [0.2, 0.25) is 5.89 Å². The van der Waals surface area contributed by atoms with Gasteiger partial charge in [0, 0.05) is 6.42 Å². The number of nitrogens with one attached hydrogen (secondary N) is 1. The monoisotopic (exact) mass is 241 g/mol. The fourth-order valence-corrected chi connectivity index (χ4v) is 1.17. The molecule has 1 aromatic rings. The predicted molar refractivity (Wildman–Crippen MR) is 61.4 cm³/mol. The Morgan fingerprint density at radius 2 is 2.18 bits per heavy atom. The molecule has 0 aliphatic carbocycles. The summed E-state index contributed by atoms with van der Waals surface area (Å²) >= 11 is 0. The second-order valence-corrected chi connectivity index (χ2v) is 4.99. The van der Waals surface area contributed by atoms with Gasteiger partial charge in [-0.15, -0.1) is 0 Å². The topological polar surface area (TPSA) is 88.2 Å². The molecule has 2 N–H and O–H groups in total. The van der Waals surface area contributed by atoms with Crippen LogP contribution < -0.4 is 5.32 Å². The normalized spacial score (nSPS) is 12.1. The van der Waals surface area contributed by atoms with E-state index in [4.69, 9.17) is 9.63 Å². The van der Waals surface area contributed by atoms with E-state index in [2.05, 4.69) is 29.3 Å². The average Bonchev–Trinajstić information content (AvgIpc) is 2.61. The molecule has 6 heteroatoms. The maximum atomic E-state index is 10.9. The van der Waals surface area contributed by atoms with Crippen molar-refractivity contribution in [1.82, 2.24) is 15.5 Å². The van der Waals surface area contributed by atoms with E-state index in [9.17, 15) is 4.79 Å². The molecule has 0 radical (unpaired) electrons. The quantitative estimate of drug-likeness (QED) is 0.778. The van der Waals surface area contributed by atoms with Crippen LogP contribution in [-0.2, 0) is 17.8 Å². The second-order valence-electron chi connectivity index (χ2n) is 4.99. The van der Waals surface area contributed by atoms with E-state index >= 15 is 0 Å². The van der Waals surface area contributed by atoms with Gasteiger partial charge in [-0.2, -0.15) is 4.98 Å². The number of carbonyl (C=O) groups is 1. The first kappa shape index (κ1) is 13.6. The average molecular weight is 241 g/mol. The van der Waals surface area contributed by atoms with Gasteiger partial charge in [-0.25, -0.2) is 0 Å². The first-order valence-electron chi connectivity index (χ1n) is 5.61.